The molecule has 4 rings (SSSR count). The quantitative estimate of drug-likeness (QED) is 0.482. The summed E-state index contributed by atoms with van der Waals surface area (Å²) in [6.45, 7) is 0.560. The van der Waals surface area contributed by atoms with Crippen molar-refractivity contribution in [3.05, 3.63) is 84.2 Å². The molecular formula is C22H18N4O2. The summed E-state index contributed by atoms with van der Waals surface area (Å²) in [5, 5.41) is 4.71. The number of carbonyl (C=O) groups excluding carboxylic acids is 1. The maximum atomic E-state index is 11.1. The van der Waals surface area contributed by atoms with Gasteiger partial charge in [0.15, 0.2) is 11.6 Å². The summed E-state index contributed by atoms with van der Waals surface area (Å²) in [5.74, 6) is 2.09. The van der Waals surface area contributed by atoms with Gasteiger partial charge in [-0.05, 0) is 48.0 Å². The molecule has 0 atom stereocenters. The maximum Gasteiger partial charge on any atom is 0.181 e. The third-order valence-electron chi connectivity index (χ3n) is 4.38. The van der Waals surface area contributed by atoms with E-state index in [0.29, 0.717) is 17.9 Å². The molecule has 0 fully saturated rings. The van der Waals surface area contributed by atoms with Crippen LogP contribution in [0, 0.1) is 0 Å². The third kappa shape index (κ3) is 3.66. The van der Waals surface area contributed by atoms with Gasteiger partial charge in [-0.15, -0.1) is 0 Å². The van der Waals surface area contributed by atoms with E-state index in [1.165, 1.54) is 0 Å². The Morgan fingerprint density at radius 2 is 1.79 bits per heavy atom. The van der Waals surface area contributed by atoms with Crippen molar-refractivity contribution < 1.29 is 9.53 Å². The number of hydrogen-bond donors (Lipinski definition) is 0. The molecule has 6 nitrogen and oxygen atoms in total. The van der Waals surface area contributed by atoms with E-state index in [0.717, 1.165) is 34.6 Å². The normalized spacial score (nSPS) is 10.6. The fourth-order valence-electron chi connectivity index (χ4n) is 2.94. The molecule has 0 unspecified atom stereocenters. The van der Waals surface area contributed by atoms with Crippen molar-refractivity contribution in [3.8, 4) is 28.5 Å². The van der Waals surface area contributed by atoms with Crippen LogP contribution in [0.15, 0.2) is 73.1 Å². The summed E-state index contributed by atoms with van der Waals surface area (Å²) in [6.07, 6.45) is 4.34. The van der Waals surface area contributed by atoms with E-state index in [-0.39, 0.29) is 0 Å². The van der Waals surface area contributed by atoms with Gasteiger partial charge >= 0.3 is 0 Å². The second-order valence-electron chi connectivity index (χ2n) is 6.24. The van der Waals surface area contributed by atoms with Crippen LogP contribution in [0.25, 0.3) is 22.8 Å². The van der Waals surface area contributed by atoms with Gasteiger partial charge < -0.3 is 4.74 Å². The Kier molecular flexibility index (Phi) is 4.93. The first-order chi connectivity index (χ1) is 13.8. The lowest BCUT2D eigenvalue weighted by Gasteiger charge is -2.07. The minimum absolute atomic E-state index is 0.560. The summed E-state index contributed by atoms with van der Waals surface area (Å²) in [6, 6.07) is 18.9. The Hall–Kier alpha value is -3.80. The molecule has 0 amide bonds. The standard InChI is InChI=1S/C22H18N4O2/c1-28-20-7-5-18(6-8-20)22-24-21(19-4-2-3-17(13-19)15-27)25-26(22)14-16-9-11-23-12-10-16/h2-13,15H,14H2,1H3. The van der Waals surface area contributed by atoms with E-state index >= 15 is 0 Å². The van der Waals surface area contributed by atoms with Gasteiger partial charge in [0.1, 0.15) is 12.0 Å². The molecular weight excluding hydrogens is 352 g/mol. The van der Waals surface area contributed by atoms with Crippen molar-refractivity contribution in [3.63, 3.8) is 0 Å². The molecule has 2 aromatic carbocycles. The van der Waals surface area contributed by atoms with Crippen LogP contribution in [0.1, 0.15) is 15.9 Å². The van der Waals surface area contributed by atoms with Gasteiger partial charge in [-0.2, -0.15) is 5.10 Å². The molecule has 0 spiro atoms. The monoisotopic (exact) mass is 370 g/mol. The van der Waals surface area contributed by atoms with Gasteiger partial charge in [0.05, 0.1) is 13.7 Å². The van der Waals surface area contributed by atoms with Crippen LogP contribution in [0.3, 0.4) is 0 Å². The molecule has 0 bridgehead atoms. The number of methoxy groups -OCH3 is 1. The van der Waals surface area contributed by atoms with Crippen molar-refractivity contribution in [1.82, 2.24) is 19.7 Å². The average Bonchev–Trinajstić information content (AvgIpc) is 3.18. The lowest BCUT2D eigenvalue weighted by Crippen LogP contribution is -2.04. The molecule has 4 aromatic rings. The molecule has 0 saturated heterocycles. The number of hydrogen-bond acceptors (Lipinski definition) is 5. The van der Waals surface area contributed by atoms with Crippen molar-refractivity contribution in [1.29, 1.82) is 0 Å². The molecule has 0 aliphatic heterocycles. The number of carbonyl (C=O) groups is 1. The van der Waals surface area contributed by atoms with Gasteiger partial charge in [0, 0.05) is 29.1 Å². The second-order valence-corrected chi connectivity index (χ2v) is 6.24. The molecule has 0 radical (unpaired) electrons. The van der Waals surface area contributed by atoms with Gasteiger partial charge in [-0.3, -0.25) is 9.78 Å². The van der Waals surface area contributed by atoms with E-state index in [1.54, 1.807) is 31.6 Å². The average molecular weight is 370 g/mol. The summed E-state index contributed by atoms with van der Waals surface area (Å²) in [7, 11) is 1.64. The van der Waals surface area contributed by atoms with E-state index < -0.39 is 0 Å². The van der Waals surface area contributed by atoms with E-state index in [4.69, 9.17) is 14.8 Å². The number of nitrogens with zero attached hydrogens (tertiary/aromatic N) is 4. The number of aldehydes is 1. The predicted molar refractivity (Wildman–Crippen MR) is 106 cm³/mol. The highest BCUT2D eigenvalue weighted by molar-refractivity contribution is 5.78. The Morgan fingerprint density at radius 3 is 2.50 bits per heavy atom. The van der Waals surface area contributed by atoms with Crippen LogP contribution in [0.5, 0.6) is 5.75 Å². The SMILES string of the molecule is COc1ccc(-c2nc(-c3cccc(C=O)c3)nn2Cc2ccncc2)cc1. The van der Waals surface area contributed by atoms with E-state index in [2.05, 4.69) is 4.98 Å². The highest BCUT2D eigenvalue weighted by Crippen LogP contribution is 2.25. The zero-order valence-electron chi connectivity index (χ0n) is 15.3. The first kappa shape index (κ1) is 17.6. The van der Waals surface area contributed by atoms with Gasteiger partial charge in [-0.1, -0.05) is 18.2 Å². The third-order valence-corrected chi connectivity index (χ3v) is 4.38. The largest absolute Gasteiger partial charge is 0.497 e. The van der Waals surface area contributed by atoms with E-state index in [9.17, 15) is 4.79 Å². The topological polar surface area (TPSA) is 69.9 Å². The zero-order valence-corrected chi connectivity index (χ0v) is 15.3. The van der Waals surface area contributed by atoms with Crippen LogP contribution in [0.4, 0.5) is 0 Å². The van der Waals surface area contributed by atoms with Crippen LogP contribution in [0.2, 0.25) is 0 Å². The summed E-state index contributed by atoms with van der Waals surface area (Å²) in [4.78, 5) is 19.9. The fourth-order valence-corrected chi connectivity index (χ4v) is 2.94. The van der Waals surface area contributed by atoms with Crippen LogP contribution in [-0.4, -0.2) is 33.1 Å². The van der Waals surface area contributed by atoms with Crippen molar-refractivity contribution >= 4 is 6.29 Å². The molecule has 0 saturated carbocycles. The maximum absolute atomic E-state index is 11.1. The fraction of sp³-hybridized carbons (Fsp3) is 0.0909. The highest BCUT2D eigenvalue weighted by atomic mass is 16.5. The smallest absolute Gasteiger partial charge is 0.181 e. The molecule has 0 aliphatic rings. The lowest BCUT2D eigenvalue weighted by molar-refractivity contribution is 0.112. The molecule has 6 heteroatoms. The second kappa shape index (κ2) is 7.84. The summed E-state index contributed by atoms with van der Waals surface area (Å²) < 4.78 is 7.11. The highest BCUT2D eigenvalue weighted by Gasteiger charge is 2.14. The molecule has 2 aromatic heterocycles. The first-order valence-electron chi connectivity index (χ1n) is 8.80. The molecule has 0 aliphatic carbocycles. The van der Waals surface area contributed by atoms with Gasteiger partial charge in [-0.25, -0.2) is 9.67 Å². The van der Waals surface area contributed by atoms with Gasteiger partial charge in [0.2, 0.25) is 0 Å². The molecule has 0 N–H and O–H groups in total. The summed E-state index contributed by atoms with van der Waals surface area (Å²) >= 11 is 0. The van der Waals surface area contributed by atoms with Crippen LogP contribution in [-0.2, 0) is 6.54 Å². The predicted octanol–water partition coefficient (Wildman–Crippen LogP) is 3.88. The minimum atomic E-state index is 0.560. The zero-order chi connectivity index (χ0) is 19.3. The van der Waals surface area contributed by atoms with Crippen molar-refractivity contribution in [2.24, 2.45) is 0 Å². The Bertz CT molecular complexity index is 1090. The van der Waals surface area contributed by atoms with E-state index in [1.807, 2.05) is 53.2 Å². The first-order valence-corrected chi connectivity index (χ1v) is 8.80. The molecule has 2 heterocycles. The number of pyridine rings is 1. The molecule has 28 heavy (non-hydrogen) atoms. The van der Waals surface area contributed by atoms with Crippen LogP contribution < -0.4 is 4.74 Å². The van der Waals surface area contributed by atoms with Crippen LogP contribution >= 0.6 is 0 Å². The number of rotatable bonds is 6. The number of ether oxygens (including phenoxy) is 1. The Morgan fingerprint density at radius 1 is 1.00 bits per heavy atom. The Labute approximate surface area is 162 Å². The lowest BCUT2D eigenvalue weighted by atomic mass is 10.1. The number of benzene rings is 2. The minimum Gasteiger partial charge on any atom is -0.497 e. The Balaban J connectivity index is 1.79. The summed E-state index contributed by atoms with van der Waals surface area (Å²) in [5.41, 5.74) is 3.39. The van der Waals surface area contributed by atoms with Crippen molar-refractivity contribution in [2.75, 3.05) is 7.11 Å². The van der Waals surface area contributed by atoms with Gasteiger partial charge in [0.25, 0.3) is 0 Å². The number of aromatic nitrogens is 4. The van der Waals surface area contributed by atoms with Crippen molar-refractivity contribution in [2.45, 2.75) is 6.54 Å². The molecule has 138 valence electrons.